The van der Waals surface area contributed by atoms with Gasteiger partial charge in [-0.2, -0.15) is 35.3 Å². The predicted molar refractivity (Wildman–Crippen MR) is 123 cm³/mol. The van der Waals surface area contributed by atoms with Gasteiger partial charge in [-0.1, -0.05) is 0 Å². The topological polar surface area (TPSA) is 71.1 Å². The number of hydrogen-bond acceptors (Lipinski definition) is 9. The Morgan fingerprint density at radius 3 is 1.63 bits per heavy atom. The molecule has 30 heavy (non-hydrogen) atoms. The number of Topliss-reactive ketones (excluding diaryl/α,β-unsaturated/α-hetero) is 2. The molecule has 3 saturated heterocycles. The number of ketones is 2. The normalized spacial score (nSPS) is 32.7. The van der Waals surface area contributed by atoms with E-state index < -0.39 is 0 Å². The third-order valence-corrected chi connectivity index (χ3v) is 9.66. The maximum atomic E-state index is 12.7. The summed E-state index contributed by atoms with van der Waals surface area (Å²) in [7, 11) is 3.24. The maximum Gasteiger partial charge on any atom is 0.146 e. The van der Waals surface area contributed by atoms with Crippen molar-refractivity contribution in [2.45, 2.75) is 31.5 Å². The highest BCUT2D eigenvalue weighted by Crippen LogP contribution is 2.40. The molecule has 0 aromatic heterocycles. The number of ether oxygens (including phenoxy) is 4. The first-order valence-electron chi connectivity index (χ1n) is 10.7. The fraction of sp³-hybridized carbons (Fsp3) is 0.905. The molecule has 0 radical (unpaired) electrons. The van der Waals surface area contributed by atoms with E-state index in [9.17, 15) is 9.59 Å². The molecule has 9 heteroatoms. The zero-order valence-corrected chi connectivity index (χ0v) is 20.4. The highest BCUT2D eigenvalue weighted by Gasteiger charge is 2.43. The lowest BCUT2D eigenvalue weighted by molar-refractivity contribution is -0.145. The van der Waals surface area contributed by atoms with Crippen LogP contribution in [0, 0.1) is 23.7 Å². The van der Waals surface area contributed by atoms with Crippen LogP contribution in [0.5, 0.6) is 0 Å². The number of methoxy groups -OCH3 is 2. The number of carbonyl (C=O) groups is 2. The molecule has 3 aliphatic rings. The number of rotatable bonds is 10. The van der Waals surface area contributed by atoms with Gasteiger partial charge in [0, 0.05) is 50.1 Å². The Bertz CT molecular complexity index is 517. The van der Waals surface area contributed by atoms with Crippen LogP contribution in [0.3, 0.4) is 0 Å². The molecule has 0 bridgehead atoms. The lowest BCUT2D eigenvalue weighted by Crippen LogP contribution is -2.47. The molecule has 6 nitrogen and oxygen atoms in total. The highest BCUT2D eigenvalue weighted by atomic mass is 32.2. The minimum atomic E-state index is -0.139. The number of carbonyl (C=O) groups excluding carboxylic acids is 2. The van der Waals surface area contributed by atoms with Crippen LogP contribution in [-0.4, -0.2) is 86.1 Å². The maximum absolute atomic E-state index is 12.7. The van der Waals surface area contributed by atoms with Gasteiger partial charge in [-0.05, 0) is 29.8 Å². The lowest BCUT2D eigenvalue weighted by atomic mass is 9.79. The number of hydrogen-bond donors (Lipinski definition) is 0. The van der Waals surface area contributed by atoms with Crippen molar-refractivity contribution < 1.29 is 28.5 Å². The summed E-state index contributed by atoms with van der Waals surface area (Å²) in [4.78, 5) is 25.3. The lowest BCUT2D eigenvalue weighted by Gasteiger charge is -2.42. The quantitative estimate of drug-likeness (QED) is 0.441. The first-order chi connectivity index (χ1) is 14.7. The van der Waals surface area contributed by atoms with Gasteiger partial charge in [0.25, 0.3) is 0 Å². The average molecular weight is 479 g/mol. The number of thioether (sulfide) groups is 3. The molecular formula is C21H34O6S3. The SMILES string of the molecule is COCO[C@H]([C@@H]1CSC[C@H]([C@H](OCOC)[C@H]2CSCCC2=O)C1)[C@@H]1CSCCC1=O. The summed E-state index contributed by atoms with van der Waals surface area (Å²) in [6.07, 6.45) is 1.87. The van der Waals surface area contributed by atoms with E-state index in [1.54, 1.807) is 14.2 Å². The van der Waals surface area contributed by atoms with Crippen LogP contribution < -0.4 is 0 Å². The van der Waals surface area contributed by atoms with Crippen molar-refractivity contribution in [3.63, 3.8) is 0 Å². The monoisotopic (exact) mass is 478 g/mol. The van der Waals surface area contributed by atoms with E-state index in [4.69, 9.17) is 18.9 Å². The largest absolute Gasteiger partial charge is 0.359 e. The van der Waals surface area contributed by atoms with Gasteiger partial charge in [-0.25, -0.2) is 0 Å². The Labute approximate surface area is 192 Å². The predicted octanol–water partition coefficient (Wildman–Crippen LogP) is 2.98. The van der Waals surface area contributed by atoms with E-state index in [-0.39, 0.29) is 49.5 Å². The molecule has 0 aliphatic carbocycles. The second-order valence-electron chi connectivity index (χ2n) is 8.16. The third kappa shape index (κ3) is 6.62. The summed E-state index contributed by atoms with van der Waals surface area (Å²) in [5.74, 6) is 6.34. The van der Waals surface area contributed by atoms with Crippen LogP contribution in [0.25, 0.3) is 0 Å². The second kappa shape index (κ2) is 13.1. The van der Waals surface area contributed by atoms with Gasteiger partial charge in [-0.3, -0.25) is 9.59 Å². The summed E-state index contributed by atoms with van der Waals surface area (Å²) in [5.41, 5.74) is 0. The third-order valence-electron chi connectivity index (χ3n) is 6.16. The standard InChI is InChI=1S/C21H34O6S3/c1-24-12-26-20(16-10-28-5-3-18(16)22)14-7-15(9-30-8-14)21(27-13-25-2)17-11-29-6-4-19(17)23/h14-17,20-21H,3-13H2,1-2H3/t14-,15+,16+,17-,20+,21-. The van der Waals surface area contributed by atoms with E-state index in [0.29, 0.717) is 24.4 Å². The molecule has 0 aromatic carbocycles. The molecule has 6 atom stereocenters. The molecule has 0 saturated carbocycles. The summed E-state index contributed by atoms with van der Waals surface area (Å²) in [5, 5.41) is 0. The average Bonchev–Trinajstić information content (AvgIpc) is 2.77. The van der Waals surface area contributed by atoms with Crippen LogP contribution >= 0.6 is 35.3 Å². The fourth-order valence-corrected chi connectivity index (χ4v) is 8.36. The van der Waals surface area contributed by atoms with Crippen molar-refractivity contribution in [2.24, 2.45) is 23.7 Å². The van der Waals surface area contributed by atoms with Crippen molar-refractivity contribution in [1.29, 1.82) is 0 Å². The van der Waals surface area contributed by atoms with Crippen molar-refractivity contribution >= 4 is 46.9 Å². The van der Waals surface area contributed by atoms with E-state index in [0.717, 1.165) is 40.9 Å². The summed E-state index contributed by atoms with van der Waals surface area (Å²) >= 11 is 5.56. The van der Waals surface area contributed by atoms with Crippen LogP contribution in [0.4, 0.5) is 0 Å². The van der Waals surface area contributed by atoms with E-state index >= 15 is 0 Å². The zero-order valence-electron chi connectivity index (χ0n) is 17.9. The summed E-state index contributed by atoms with van der Waals surface area (Å²) in [6.45, 7) is 0.401. The van der Waals surface area contributed by atoms with E-state index in [1.807, 2.05) is 35.3 Å². The smallest absolute Gasteiger partial charge is 0.146 e. The Kier molecular flexibility index (Phi) is 10.8. The van der Waals surface area contributed by atoms with Crippen LogP contribution in [0.1, 0.15) is 19.3 Å². The van der Waals surface area contributed by atoms with Crippen molar-refractivity contribution in [1.82, 2.24) is 0 Å². The Morgan fingerprint density at radius 2 is 1.23 bits per heavy atom. The molecule has 0 aromatic rings. The van der Waals surface area contributed by atoms with Gasteiger partial charge in [-0.15, -0.1) is 0 Å². The fourth-order valence-electron chi connectivity index (χ4n) is 4.69. The van der Waals surface area contributed by atoms with Crippen molar-refractivity contribution in [3.8, 4) is 0 Å². The van der Waals surface area contributed by atoms with Gasteiger partial charge in [0.2, 0.25) is 0 Å². The molecule has 0 unspecified atom stereocenters. The summed E-state index contributed by atoms with van der Waals surface area (Å²) < 4.78 is 22.6. The van der Waals surface area contributed by atoms with E-state index in [2.05, 4.69) is 0 Å². The molecule has 0 amide bonds. The molecule has 3 fully saturated rings. The Hall–Kier alpha value is 0.230. The molecule has 0 spiro atoms. The molecule has 3 heterocycles. The van der Waals surface area contributed by atoms with E-state index in [1.165, 1.54) is 0 Å². The van der Waals surface area contributed by atoms with Gasteiger partial charge in [0.15, 0.2) is 0 Å². The minimum Gasteiger partial charge on any atom is -0.359 e. The molecule has 3 rings (SSSR count). The van der Waals surface area contributed by atoms with Crippen LogP contribution in [-0.2, 0) is 28.5 Å². The molecular weight excluding hydrogens is 444 g/mol. The molecule has 3 aliphatic heterocycles. The zero-order chi connectivity index (χ0) is 21.3. The highest BCUT2D eigenvalue weighted by molar-refractivity contribution is 7.99. The molecule has 0 N–H and O–H groups in total. The van der Waals surface area contributed by atoms with Gasteiger partial charge in [0.05, 0.1) is 24.0 Å². The van der Waals surface area contributed by atoms with Gasteiger partial charge >= 0.3 is 0 Å². The van der Waals surface area contributed by atoms with Crippen LogP contribution in [0.15, 0.2) is 0 Å². The summed E-state index contributed by atoms with van der Waals surface area (Å²) in [6, 6.07) is 0. The first-order valence-corrected chi connectivity index (χ1v) is 14.1. The van der Waals surface area contributed by atoms with Crippen molar-refractivity contribution in [2.75, 3.05) is 62.3 Å². The van der Waals surface area contributed by atoms with Gasteiger partial charge < -0.3 is 18.9 Å². The first kappa shape index (κ1) is 24.9. The second-order valence-corrected chi connectivity index (χ2v) is 11.5. The van der Waals surface area contributed by atoms with Gasteiger partial charge in [0.1, 0.15) is 25.2 Å². The minimum absolute atomic E-state index is 0.0755. The van der Waals surface area contributed by atoms with Crippen LogP contribution in [0.2, 0.25) is 0 Å². The van der Waals surface area contributed by atoms with Crippen molar-refractivity contribution in [3.05, 3.63) is 0 Å². The Morgan fingerprint density at radius 1 is 0.767 bits per heavy atom. The molecule has 172 valence electrons. The Balaban J connectivity index is 1.73.